The smallest absolute Gasteiger partial charge is 0.313 e. The van der Waals surface area contributed by atoms with E-state index in [4.69, 9.17) is 0 Å². The molecular formula is C13H13N3O3. The topological polar surface area (TPSA) is 74.1 Å². The molecule has 1 heterocycles. The van der Waals surface area contributed by atoms with Gasteiger partial charge >= 0.3 is 5.97 Å². The van der Waals surface area contributed by atoms with Crippen LogP contribution in [0.3, 0.4) is 0 Å². The maximum atomic E-state index is 11.9. The zero-order valence-corrected chi connectivity index (χ0v) is 10.7. The Morgan fingerprint density at radius 2 is 2.16 bits per heavy atom. The highest BCUT2D eigenvalue weighted by Gasteiger charge is 2.13. The minimum absolute atomic E-state index is 0.272. The van der Waals surface area contributed by atoms with E-state index in [2.05, 4.69) is 14.9 Å². The maximum Gasteiger partial charge on any atom is 0.313 e. The second-order valence-electron chi connectivity index (χ2n) is 4.00. The van der Waals surface area contributed by atoms with Gasteiger partial charge in [0.25, 0.3) is 0 Å². The van der Waals surface area contributed by atoms with Crippen molar-refractivity contribution in [3.63, 3.8) is 0 Å². The van der Waals surface area contributed by atoms with Crippen LogP contribution in [0.4, 0.5) is 0 Å². The molecule has 0 saturated carbocycles. The number of benzene rings is 1. The molecule has 1 aromatic carbocycles. The van der Waals surface area contributed by atoms with E-state index in [0.29, 0.717) is 11.3 Å². The molecule has 0 aliphatic carbocycles. The third-order valence-electron chi connectivity index (χ3n) is 2.54. The zero-order valence-electron chi connectivity index (χ0n) is 10.7. The van der Waals surface area contributed by atoms with Gasteiger partial charge in [-0.15, -0.1) is 0 Å². The van der Waals surface area contributed by atoms with Crippen molar-refractivity contribution in [3.05, 3.63) is 41.7 Å². The first-order valence-electron chi connectivity index (χ1n) is 5.69. The van der Waals surface area contributed by atoms with Crippen molar-refractivity contribution in [1.29, 1.82) is 0 Å². The molecule has 1 aromatic heterocycles. The molecule has 0 radical (unpaired) electrons. The number of nitrogens with zero attached hydrogens (tertiary/aromatic N) is 3. The normalized spacial score (nSPS) is 10.2. The van der Waals surface area contributed by atoms with E-state index in [9.17, 15) is 9.59 Å². The maximum absolute atomic E-state index is 11.9. The zero-order chi connectivity index (χ0) is 13.8. The largest absolute Gasteiger partial charge is 0.469 e. The van der Waals surface area contributed by atoms with Crippen LogP contribution in [0.25, 0.3) is 5.69 Å². The number of Topliss-reactive ketones (excluding diaryl/α,β-unsaturated/α-hetero) is 1. The molecule has 0 atom stereocenters. The highest BCUT2D eigenvalue weighted by molar-refractivity contribution is 6.06. The number of carbonyl (C=O) groups is 2. The average molecular weight is 259 g/mol. The molecule has 0 N–H and O–H groups in total. The molecule has 2 aromatic rings. The fraction of sp³-hybridized carbons (Fsp3) is 0.231. The number of carbonyl (C=O) groups excluding carboxylic acids is 2. The van der Waals surface area contributed by atoms with Gasteiger partial charge < -0.3 is 4.74 Å². The molecular weight excluding hydrogens is 246 g/mol. The molecule has 0 amide bonds. The highest BCUT2D eigenvalue weighted by atomic mass is 16.5. The van der Waals surface area contributed by atoms with E-state index in [1.165, 1.54) is 11.9 Å². The van der Waals surface area contributed by atoms with E-state index >= 15 is 0 Å². The van der Waals surface area contributed by atoms with Crippen LogP contribution in [0.15, 0.2) is 30.5 Å². The third kappa shape index (κ3) is 3.04. The van der Waals surface area contributed by atoms with Gasteiger partial charge in [-0.1, -0.05) is 12.1 Å². The quantitative estimate of drug-likeness (QED) is 0.470. The molecule has 0 fully saturated rings. The van der Waals surface area contributed by atoms with Gasteiger partial charge in [-0.25, -0.2) is 0 Å². The van der Waals surface area contributed by atoms with Crippen LogP contribution < -0.4 is 0 Å². The number of esters is 1. The van der Waals surface area contributed by atoms with Crippen molar-refractivity contribution in [2.45, 2.75) is 13.3 Å². The van der Waals surface area contributed by atoms with Crippen LogP contribution >= 0.6 is 0 Å². The van der Waals surface area contributed by atoms with Gasteiger partial charge in [0.15, 0.2) is 5.78 Å². The van der Waals surface area contributed by atoms with Crippen molar-refractivity contribution in [2.24, 2.45) is 0 Å². The van der Waals surface area contributed by atoms with Crippen LogP contribution in [-0.4, -0.2) is 33.9 Å². The van der Waals surface area contributed by atoms with Crippen molar-refractivity contribution in [3.8, 4) is 5.69 Å². The lowest BCUT2D eigenvalue weighted by Gasteiger charge is -2.03. The van der Waals surface area contributed by atoms with Gasteiger partial charge in [-0.05, 0) is 19.1 Å². The van der Waals surface area contributed by atoms with Crippen LogP contribution in [0, 0.1) is 6.92 Å². The summed E-state index contributed by atoms with van der Waals surface area (Å²) in [6.07, 6.45) is 1.36. The lowest BCUT2D eigenvalue weighted by molar-refractivity contribution is -0.139. The van der Waals surface area contributed by atoms with Crippen LogP contribution in [0.1, 0.15) is 22.5 Å². The number of aromatic nitrogens is 3. The van der Waals surface area contributed by atoms with Gasteiger partial charge in [-0.3, -0.25) is 9.59 Å². The number of methoxy groups -OCH3 is 1. The number of aryl methyl sites for hydroxylation is 1. The van der Waals surface area contributed by atoms with Crippen molar-refractivity contribution in [1.82, 2.24) is 15.0 Å². The van der Waals surface area contributed by atoms with Crippen LogP contribution in [0.5, 0.6) is 0 Å². The molecule has 0 bridgehead atoms. The van der Waals surface area contributed by atoms with E-state index in [0.717, 1.165) is 5.69 Å². The first kappa shape index (κ1) is 12.9. The lowest BCUT2D eigenvalue weighted by atomic mass is 10.1. The van der Waals surface area contributed by atoms with Gasteiger partial charge in [-0.2, -0.15) is 15.0 Å². The van der Waals surface area contributed by atoms with Crippen LogP contribution in [-0.2, 0) is 9.53 Å². The van der Waals surface area contributed by atoms with Crippen molar-refractivity contribution < 1.29 is 14.3 Å². The standard InChI is InChI=1S/C13H13N3O3/c1-9-8-14-16(15-9)11-5-3-4-10(6-11)12(17)7-13(18)19-2/h3-6,8H,7H2,1-2H3. The predicted octanol–water partition coefficient (Wildman–Crippen LogP) is 1.32. The van der Waals surface area contributed by atoms with E-state index < -0.39 is 5.97 Å². The number of hydrogen-bond donors (Lipinski definition) is 0. The summed E-state index contributed by atoms with van der Waals surface area (Å²) in [4.78, 5) is 24.4. The fourth-order valence-electron chi connectivity index (χ4n) is 1.57. The Kier molecular flexibility index (Phi) is 3.70. The highest BCUT2D eigenvalue weighted by Crippen LogP contribution is 2.11. The third-order valence-corrected chi connectivity index (χ3v) is 2.54. The lowest BCUT2D eigenvalue weighted by Crippen LogP contribution is -2.10. The number of rotatable bonds is 4. The van der Waals surface area contributed by atoms with Crippen molar-refractivity contribution in [2.75, 3.05) is 7.11 Å². The van der Waals surface area contributed by atoms with E-state index in [1.54, 1.807) is 30.5 Å². The van der Waals surface area contributed by atoms with E-state index in [-0.39, 0.29) is 12.2 Å². The van der Waals surface area contributed by atoms with Gasteiger partial charge in [0.2, 0.25) is 0 Å². The monoisotopic (exact) mass is 259 g/mol. The Hall–Kier alpha value is -2.50. The predicted molar refractivity (Wildman–Crippen MR) is 67.1 cm³/mol. The second kappa shape index (κ2) is 5.43. The number of ketones is 1. The summed E-state index contributed by atoms with van der Waals surface area (Å²) >= 11 is 0. The van der Waals surface area contributed by atoms with Gasteiger partial charge in [0.05, 0.1) is 24.7 Å². The molecule has 0 unspecified atom stereocenters. The molecule has 0 aliphatic rings. The van der Waals surface area contributed by atoms with Gasteiger partial charge in [0.1, 0.15) is 6.42 Å². The first-order chi connectivity index (χ1) is 9.10. The molecule has 6 nitrogen and oxygen atoms in total. The summed E-state index contributed by atoms with van der Waals surface area (Å²) in [5.41, 5.74) is 1.88. The Labute approximate surface area is 110 Å². The average Bonchev–Trinajstić information content (AvgIpc) is 2.85. The molecule has 6 heteroatoms. The van der Waals surface area contributed by atoms with Gasteiger partial charge in [0, 0.05) is 5.56 Å². The van der Waals surface area contributed by atoms with Crippen LogP contribution in [0.2, 0.25) is 0 Å². The molecule has 2 rings (SSSR count). The summed E-state index contributed by atoms with van der Waals surface area (Å²) in [5.74, 6) is -0.846. The fourth-order valence-corrected chi connectivity index (χ4v) is 1.57. The van der Waals surface area contributed by atoms with E-state index in [1.807, 2.05) is 6.92 Å². The minimum Gasteiger partial charge on any atom is -0.469 e. The molecule has 0 saturated heterocycles. The Morgan fingerprint density at radius 1 is 1.37 bits per heavy atom. The second-order valence-corrected chi connectivity index (χ2v) is 4.00. The summed E-state index contributed by atoms with van der Waals surface area (Å²) in [7, 11) is 1.25. The Morgan fingerprint density at radius 3 is 2.79 bits per heavy atom. The molecule has 0 spiro atoms. The number of ether oxygens (including phenoxy) is 1. The summed E-state index contributed by atoms with van der Waals surface area (Å²) in [5, 5.41) is 8.23. The Balaban J connectivity index is 2.24. The summed E-state index contributed by atoms with van der Waals surface area (Å²) < 4.78 is 4.47. The molecule has 0 aliphatic heterocycles. The SMILES string of the molecule is COC(=O)CC(=O)c1cccc(-n2ncc(C)n2)c1. The molecule has 98 valence electrons. The Bertz CT molecular complexity index is 619. The summed E-state index contributed by atoms with van der Waals surface area (Å²) in [6, 6.07) is 6.79. The minimum atomic E-state index is -0.552. The summed E-state index contributed by atoms with van der Waals surface area (Å²) in [6.45, 7) is 1.83. The van der Waals surface area contributed by atoms with Crippen molar-refractivity contribution >= 4 is 11.8 Å². The number of hydrogen-bond acceptors (Lipinski definition) is 5. The first-order valence-corrected chi connectivity index (χ1v) is 5.69. The molecule has 19 heavy (non-hydrogen) atoms.